The van der Waals surface area contributed by atoms with Gasteiger partial charge in [-0.15, -0.1) is 9.62 Å². The number of hydrazone groups is 1. The molecule has 0 saturated heterocycles. The molecule has 0 spiro atoms. The molecule has 0 amide bonds. The van der Waals surface area contributed by atoms with Crippen LogP contribution < -0.4 is 5.23 Å². The topological polar surface area (TPSA) is 94.8 Å². The molecule has 2 aromatic carbocycles. The smallest absolute Gasteiger partial charge is 0.264 e. The summed E-state index contributed by atoms with van der Waals surface area (Å²) in [6.45, 7) is 2.45. The van der Waals surface area contributed by atoms with Gasteiger partial charge in [0.05, 0.1) is 12.8 Å². The number of rotatable bonds is 3. The second-order valence-corrected chi connectivity index (χ2v) is 7.66. The molecule has 28 heavy (non-hydrogen) atoms. The Morgan fingerprint density at radius 3 is 2.71 bits per heavy atom. The summed E-state index contributed by atoms with van der Waals surface area (Å²) in [7, 11) is -3.72. The molecule has 2 heterocycles. The molecule has 0 saturated carbocycles. The third kappa shape index (κ3) is 3.19. The van der Waals surface area contributed by atoms with Crippen LogP contribution in [0.1, 0.15) is 18.1 Å². The van der Waals surface area contributed by atoms with E-state index in [1.54, 1.807) is 42.6 Å². The average molecular weight is 398 g/mol. The Kier molecular flexibility index (Phi) is 4.71. The summed E-state index contributed by atoms with van der Waals surface area (Å²) in [5.74, 6) is 0.289. The van der Waals surface area contributed by atoms with Crippen LogP contribution in [0, 0.1) is 0 Å². The van der Waals surface area contributed by atoms with Gasteiger partial charge >= 0.3 is 0 Å². The standard InChI is InChI=1S/C19H18N4O4S/c1-2-22(19-16-8-4-6-10-18(16)28(25,26)21-19)20-13-14-11-12-27-23(24)17-9-5-3-7-15(14)17/h3-11,13,24H,2,12H2,1H3/b20-13+. The van der Waals surface area contributed by atoms with Gasteiger partial charge in [-0.3, -0.25) is 5.21 Å². The molecular weight excluding hydrogens is 380 g/mol. The highest BCUT2D eigenvalue weighted by molar-refractivity contribution is 7.90. The van der Waals surface area contributed by atoms with Crippen LogP contribution in [0.2, 0.25) is 0 Å². The first-order valence-corrected chi connectivity index (χ1v) is 10.1. The molecule has 0 aliphatic carbocycles. The van der Waals surface area contributed by atoms with E-state index in [-0.39, 0.29) is 17.3 Å². The summed E-state index contributed by atoms with van der Waals surface area (Å²) in [6, 6.07) is 13.9. The highest BCUT2D eigenvalue weighted by atomic mass is 32.2. The summed E-state index contributed by atoms with van der Waals surface area (Å²) in [5.41, 5.74) is 2.50. The maximum Gasteiger partial charge on any atom is 0.285 e. The average Bonchev–Trinajstić information content (AvgIpc) is 2.87. The Balaban J connectivity index is 1.70. The van der Waals surface area contributed by atoms with E-state index in [1.165, 1.54) is 11.1 Å². The van der Waals surface area contributed by atoms with Crippen molar-refractivity contribution < 1.29 is 18.5 Å². The normalized spacial score (nSPS) is 17.6. The number of allylic oxidation sites excluding steroid dienone is 1. The monoisotopic (exact) mass is 398 g/mol. The fourth-order valence-corrected chi connectivity index (χ4v) is 4.28. The first-order chi connectivity index (χ1) is 13.5. The van der Waals surface area contributed by atoms with E-state index in [0.29, 0.717) is 17.8 Å². The van der Waals surface area contributed by atoms with Crippen molar-refractivity contribution in [2.45, 2.75) is 11.8 Å². The Labute approximate surface area is 162 Å². The van der Waals surface area contributed by atoms with Gasteiger partial charge in [-0.1, -0.05) is 30.3 Å². The Morgan fingerprint density at radius 2 is 1.93 bits per heavy atom. The molecule has 2 aromatic rings. The van der Waals surface area contributed by atoms with Crippen LogP contribution >= 0.6 is 0 Å². The molecule has 0 radical (unpaired) electrons. The molecule has 2 aliphatic heterocycles. The number of hydrogen-bond donors (Lipinski definition) is 1. The lowest BCUT2D eigenvalue weighted by Crippen LogP contribution is -2.25. The number of hydrogen-bond acceptors (Lipinski definition) is 7. The zero-order chi connectivity index (χ0) is 19.7. The minimum atomic E-state index is -3.72. The van der Waals surface area contributed by atoms with Crippen LogP contribution in [-0.2, 0) is 14.9 Å². The number of benzene rings is 2. The molecule has 8 nitrogen and oxygen atoms in total. The number of amidine groups is 1. The second kappa shape index (κ2) is 7.19. The number of anilines is 1. The third-order valence-electron chi connectivity index (χ3n) is 4.41. The molecule has 0 fully saturated rings. The number of nitrogens with zero attached hydrogens (tertiary/aromatic N) is 4. The lowest BCUT2D eigenvalue weighted by Gasteiger charge is -2.17. The fraction of sp³-hybridized carbons (Fsp3) is 0.158. The van der Waals surface area contributed by atoms with Crippen molar-refractivity contribution in [2.24, 2.45) is 9.50 Å². The van der Waals surface area contributed by atoms with Crippen LogP contribution in [0.4, 0.5) is 5.69 Å². The largest absolute Gasteiger partial charge is 0.285 e. The van der Waals surface area contributed by atoms with Crippen LogP contribution in [0.25, 0.3) is 5.57 Å². The molecular formula is C19H18N4O4S. The molecule has 0 aromatic heterocycles. The minimum absolute atomic E-state index is 0.164. The van der Waals surface area contributed by atoms with Gasteiger partial charge in [0, 0.05) is 23.2 Å². The maximum absolute atomic E-state index is 12.3. The first kappa shape index (κ1) is 18.4. The van der Waals surface area contributed by atoms with E-state index >= 15 is 0 Å². The van der Waals surface area contributed by atoms with E-state index < -0.39 is 10.0 Å². The number of sulfonamides is 1. The Hall–Kier alpha value is -3.01. The maximum atomic E-state index is 12.3. The van der Waals surface area contributed by atoms with E-state index in [4.69, 9.17) is 4.84 Å². The zero-order valence-corrected chi connectivity index (χ0v) is 15.9. The van der Waals surface area contributed by atoms with Crippen LogP contribution in [0.5, 0.6) is 0 Å². The van der Waals surface area contributed by atoms with Gasteiger partial charge in [0.15, 0.2) is 5.84 Å². The van der Waals surface area contributed by atoms with E-state index in [2.05, 4.69) is 9.50 Å². The zero-order valence-electron chi connectivity index (χ0n) is 15.1. The predicted octanol–water partition coefficient (Wildman–Crippen LogP) is 2.67. The Morgan fingerprint density at radius 1 is 1.21 bits per heavy atom. The molecule has 2 aliphatic rings. The summed E-state index contributed by atoms with van der Waals surface area (Å²) >= 11 is 0. The summed E-state index contributed by atoms with van der Waals surface area (Å²) in [5, 5.41) is 16.7. The molecule has 4 rings (SSSR count). The highest BCUT2D eigenvalue weighted by Gasteiger charge is 2.31. The summed E-state index contributed by atoms with van der Waals surface area (Å²) in [6.07, 6.45) is 3.40. The van der Waals surface area contributed by atoms with Crippen LogP contribution in [0.15, 0.2) is 69.0 Å². The highest BCUT2D eigenvalue weighted by Crippen LogP contribution is 2.29. The van der Waals surface area contributed by atoms with Gasteiger partial charge in [0.2, 0.25) is 0 Å². The predicted molar refractivity (Wildman–Crippen MR) is 106 cm³/mol. The van der Waals surface area contributed by atoms with Gasteiger partial charge < -0.3 is 0 Å². The quantitative estimate of drug-likeness (QED) is 0.631. The second-order valence-electron chi connectivity index (χ2n) is 6.09. The lowest BCUT2D eigenvalue weighted by molar-refractivity contribution is -0.0275. The fourth-order valence-electron chi connectivity index (χ4n) is 3.08. The number of para-hydroxylation sites is 1. The first-order valence-electron chi connectivity index (χ1n) is 8.68. The van der Waals surface area contributed by atoms with Crippen molar-refractivity contribution in [3.63, 3.8) is 0 Å². The summed E-state index contributed by atoms with van der Waals surface area (Å²) < 4.78 is 28.5. The molecule has 0 atom stereocenters. The van der Waals surface area contributed by atoms with Gasteiger partial charge in [0.25, 0.3) is 10.0 Å². The van der Waals surface area contributed by atoms with Crippen LogP contribution in [0.3, 0.4) is 0 Å². The van der Waals surface area contributed by atoms with Crippen molar-refractivity contribution in [3.05, 3.63) is 65.7 Å². The SMILES string of the molecule is CCN(/N=C/C1=CCON(O)c2ccccc21)C1=NS(=O)(=O)c2ccccc21. The van der Waals surface area contributed by atoms with E-state index in [9.17, 15) is 13.6 Å². The molecule has 1 N–H and O–H groups in total. The molecule has 9 heteroatoms. The van der Waals surface area contributed by atoms with Gasteiger partial charge in [-0.2, -0.15) is 13.5 Å². The molecule has 0 bridgehead atoms. The van der Waals surface area contributed by atoms with E-state index in [0.717, 1.165) is 16.4 Å². The van der Waals surface area contributed by atoms with Crippen molar-refractivity contribution in [3.8, 4) is 0 Å². The van der Waals surface area contributed by atoms with Gasteiger partial charge in [-0.25, -0.2) is 9.85 Å². The van der Waals surface area contributed by atoms with Crippen molar-refractivity contribution in [1.82, 2.24) is 5.01 Å². The third-order valence-corrected chi connectivity index (χ3v) is 5.74. The van der Waals surface area contributed by atoms with Crippen molar-refractivity contribution >= 4 is 33.3 Å². The van der Waals surface area contributed by atoms with Crippen LogP contribution in [-0.4, -0.2) is 43.8 Å². The van der Waals surface area contributed by atoms with E-state index in [1.807, 2.05) is 19.1 Å². The summed E-state index contributed by atoms with van der Waals surface area (Å²) in [4.78, 5) is 5.38. The van der Waals surface area contributed by atoms with Gasteiger partial charge in [-0.05, 0) is 31.2 Å². The minimum Gasteiger partial charge on any atom is -0.264 e. The van der Waals surface area contributed by atoms with Gasteiger partial charge in [0.1, 0.15) is 10.6 Å². The lowest BCUT2D eigenvalue weighted by atomic mass is 10.0. The number of fused-ring (bicyclic) bond motifs is 2. The Bertz CT molecular complexity index is 1110. The van der Waals surface area contributed by atoms with Crippen molar-refractivity contribution in [1.29, 1.82) is 0 Å². The van der Waals surface area contributed by atoms with Crippen molar-refractivity contribution in [2.75, 3.05) is 18.4 Å². The molecule has 0 unspecified atom stereocenters. The molecule has 144 valence electrons.